The van der Waals surface area contributed by atoms with E-state index < -0.39 is 0 Å². The van der Waals surface area contributed by atoms with Crippen LogP contribution in [-0.2, 0) is 4.74 Å². The molecule has 1 aromatic heterocycles. The topological polar surface area (TPSA) is 54.5 Å². The quantitative estimate of drug-likeness (QED) is 0.790. The first kappa shape index (κ1) is 14.5. The second-order valence-corrected chi connectivity index (χ2v) is 6.28. The Kier molecular flexibility index (Phi) is 4.24. The molecule has 1 spiro atoms. The number of rotatable bonds is 1. The number of hydrogen-bond acceptors (Lipinski definition) is 5. The Morgan fingerprint density at radius 1 is 1.52 bits per heavy atom. The molecule has 3 heterocycles. The summed E-state index contributed by atoms with van der Waals surface area (Å²) >= 11 is 1.42. The van der Waals surface area contributed by atoms with Crippen LogP contribution in [0.15, 0.2) is 5.38 Å². The van der Waals surface area contributed by atoms with Crippen LogP contribution >= 0.6 is 11.3 Å². The van der Waals surface area contributed by atoms with Crippen molar-refractivity contribution in [1.29, 1.82) is 0 Å². The lowest BCUT2D eigenvalue weighted by Crippen LogP contribution is -2.57. The molecule has 2 fully saturated rings. The van der Waals surface area contributed by atoms with Crippen molar-refractivity contribution in [3.63, 3.8) is 0 Å². The lowest BCUT2D eigenvalue weighted by atomic mass is 9.90. The summed E-state index contributed by atoms with van der Waals surface area (Å²) in [7, 11) is 0. The average Bonchev–Trinajstić information content (AvgIpc) is 2.96. The Balaban J connectivity index is 1.72. The van der Waals surface area contributed by atoms with Crippen LogP contribution in [0.1, 0.15) is 35.3 Å². The van der Waals surface area contributed by atoms with Crippen molar-refractivity contribution in [1.82, 2.24) is 15.2 Å². The van der Waals surface area contributed by atoms with Crippen LogP contribution in [-0.4, -0.2) is 54.2 Å². The van der Waals surface area contributed by atoms with Crippen LogP contribution in [0.3, 0.4) is 0 Å². The molecule has 2 aliphatic heterocycles. The van der Waals surface area contributed by atoms with Gasteiger partial charge in [-0.1, -0.05) is 5.92 Å². The predicted octanol–water partition coefficient (Wildman–Crippen LogP) is 1.11. The Labute approximate surface area is 128 Å². The molecule has 2 saturated heterocycles. The predicted molar refractivity (Wildman–Crippen MR) is 81.4 cm³/mol. The first-order valence-corrected chi connectivity index (χ1v) is 8.13. The molecule has 0 radical (unpaired) electrons. The molecule has 3 rings (SSSR count). The highest BCUT2D eigenvalue weighted by molar-refractivity contribution is 7.10. The Bertz CT molecular complexity index is 576. The van der Waals surface area contributed by atoms with E-state index in [4.69, 9.17) is 4.74 Å². The van der Waals surface area contributed by atoms with Crippen molar-refractivity contribution in [2.45, 2.75) is 25.4 Å². The van der Waals surface area contributed by atoms with Crippen LogP contribution in [0.4, 0.5) is 0 Å². The zero-order chi connectivity index (χ0) is 14.7. The third kappa shape index (κ3) is 3.10. The van der Waals surface area contributed by atoms with Gasteiger partial charge in [0.15, 0.2) is 5.01 Å². The van der Waals surface area contributed by atoms with E-state index in [1.165, 1.54) is 11.3 Å². The van der Waals surface area contributed by atoms with E-state index in [1.807, 2.05) is 4.90 Å². The maximum absolute atomic E-state index is 12.6. The monoisotopic (exact) mass is 305 g/mol. The third-order valence-corrected chi connectivity index (χ3v) is 4.76. The van der Waals surface area contributed by atoms with Gasteiger partial charge in [0.1, 0.15) is 5.69 Å². The number of carbonyl (C=O) groups excluding carboxylic acids is 1. The number of carbonyl (C=O) groups is 1. The van der Waals surface area contributed by atoms with Crippen molar-refractivity contribution < 1.29 is 9.53 Å². The number of nitrogens with zero attached hydrogens (tertiary/aromatic N) is 2. The standard InChI is InChI=1S/C15H19N3O2S/c1-2-3-13-17-12(10-21-13)14(19)18-8-9-20-15(11-18)4-6-16-7-5-15/h10,16H,4-9,11H2,1H3. The van der Waals surface area contributed by atoms with Gasteiger partial charge in [-0.05, 0) is 38.8 Å². The number of piperidine rings is 1. The fraction of sp³-hybridized carbons (Fsp3) is 0.600. The van der Waals surface area contributed by atoms with Crippen LogP contribution in [0, 0.1) is 11.8 Å². The molecule has 5 nitrogen and oxygen atoms in total. The molecule has 1 amide bonds. The Hall–Kier alpha value is -1.42. The summed E-state index contributed by atoms with van der Waals surface area (Å²) in [5.41, 5.74) is 0.338. The summed E-state index contributed by atoms with van der Waals surface area (Å²) in [5, 5.41) is 5.84. The number of aromatic nitrogens is 1. The van der Waals surface area contributed by atoms with E-state index in [0.717, 1.165) is 25.9 Å². The van der Waals surface area contributed by atoms with Gasteiger partial charge < -0.3 is 15.0 Å². The SMILES string of the molecule is CC#Cc1nc(C(=O)N2CCOC3(CCNCC3)C2)cs1. The van der Waals surface area contributed by atoms with Gasteiger partial charge in [-0.25, -0.2) is 4.98 Å². The molecule has 2 aliphatic rings. The number of nitrogens with one attached hydrogen (secondary N) is 1. The fourth-order valence-electron chi connectivity index (χ4n) is 2.90. The van der Waals surface area contributed by atoms with Crippen LogP contribution in [0.5, 0.6) is 0 Å². The molecule has 1 N–H and O–H groups in total. The molecule has 0 saturated carbocycles. The van der Waals surface area contributed by atoms with E-state index in [1.54, 1.807) is 12.3 Å². The van der Waals surface area contributed by atoms with Gasteiger partial charge in [0, 0.05) is 11.9 Å². The number of morpholine rings is 1. The zero-order valence-corrected chi connectivity index (χ0v) is 13.0. The second kappa shape index (κ2) is 6.14. The minimum atomic E-state index is -0.165. The fourth-order valence-corrected chi connectivity index (χ4v) is 3.59. The molecular weight excluding hydrogens is 286 g/mol. The minimum Gasteiger partial charge on any atom is -0.371 e. The highest BCUT2D eigenvalue weighted by atomic mass is 32.1. The van der Waals surface area contributed by atoms with E-state index in [9.17, 15) is 4.79 Å². The Morgan fingerprint density at radius 3 is 3.10 bits per heavy atom. The van der Waals surface area contributed by atoms with Gasteiger partial charge in [0.2, 0.25) is 0 Å². The van der Waals surface area contributed by atoms with Gasteiger partial charge in [-0.3, -0.25) is 4.79 Å². The van der Waals surface area contributed by atoms with E-state index >= 15 is 0 Å². The molecule has 6 heteroatoms. The molecule has 0 atom stereocenters. The largest absolute Gasteiger partial charge is 0.371 e. The van der Waals surface area contributed by atoms with E-state index in [0.29, 0.717) is 30.4 Å². The summed E-state index contributed by atoms with van der Waals surface area (Å²) in [6.45, 7) is 5.59. The second-order valence-electron chi connectivity index (χ2n) is 5.42. The van der Waals surface area contributed by atoms with Gasteiger partial charge in [0.25, 0.3) is 5.91 Å². The van der Waals surface area contributed by atoms with Crippen LogP contribution < -0.4 is 5.32 Å². The van der Waals surface area contributed by atoms with Gasteiger partial charge in [-0.2, -0.15) is 0 Å². The van der Waals surface area contributed by atoms with Crippen molar-refractivity contribution in [3.8, 4) is 11.8 Å². The van der Waals surface area contributed by atoms with E-state index in [2.05, 4.69) is 22.1 Å². The first-order valence-electron chi connectivity index (χ1n) is 7.25. The molecule has 0 aromatic carbocycles. The van der Waals surface area contributed by atoms with Gasteiger partial charge in [-0.15, -0.1) is 11.3 Å². The molecule has 21 heavy (non-hydrogen) atoms. The lowest BCUT2D eigenvalue weighted by molar-refractivity contribution is -0.114. The van der Waals surface area contributed by atoms with Crippen molar-refractivity contribution in [2.24, 2.45) is 0 Å². The smallest absolute Gasteiger partial charge is 0.273 e. The third-order valence-electron chi connectivity index (χ3n) is 4.01. The normalized spacial score (nSPS) is 20.9. The van der Waals surface area contributed by atoms with Crippen LogP contribution in [0.2, 0.25) is 0 Å². The molecule has 0 aliphatic carbocycles. The Morgan fingerprint density at radius 2 is 2.33 bits per heavy atom. The molecular formula is C15H19N3O2S. The maximum Gasteiger partial charge on any atom is 0.273 e. The molecule has 0 unspecified atom stereocenters. The van der Waals surface area contributed by atoms with E-state index in [-0.39, 0.29) is 11.5 Å². The van der Waals surface area contributed by atoms with Crippen LogP contribution in [0.25, 0.3) is 0 Å². The summed E-state index contributed by atoms with van der Waals surface area (Å²) in [5.74, 6) is 5.70. The van der Waals surface area contributed by atoms with Crippen molar-refractivity contribution in [3.05, 3.63) is 16.1 Å². The zero-order valence-electron chi connectivity index (χ0n) is 12.1. The summed E-state index contributed by atoms with van der Waals surface area (Å²) in [6, 6.07) is 0. The summed E-state index contributed by atoms with van der Waals surface area (Å²) < 4.78 is 5.99. The molecule has 0 bridgehead atoms. The molecule has 1 aromatic rings. The summed E-state index contributed by atoms with van der Waals surface area (Å²) in [6.07, 6.45) is 1.92. The van der Waals surface area contributed by atoms with Gasteiger partial charge in [0.05, 0.1) is 18.8 Å². The summed E-state index contributed by atoms with van der Waals surface area (Å²) in [4.78, 5) is 18.8. The molecule has 112 valence electrons. The minimum absolute atomic E-state index is 0.00314. The van der Waals surface area contributed by atoms with Crippen molar-refractivity contribution in [2.75, 3.05) is 32.8 Å². The lowest BCUT2D eigenvalue weighted by Gasteiger charge is -2.44. The number of ether oxygens (including phenoxy) is 1. The highest BCUT2D eigenvalue weighted by Gasteiger charge is 2.39. The number of amides is 1. The maximum atomic E-state index is 12.6. The number of thiazole rings is 1. The first-order chi connectivity index (χ1) is 10.2. The van der Waals surface area contributed by atoms with Gasteiger partial charge >= 0.3 is 0 Å². The number of hydrogen-bond donors (Lipinski definition) is 1. The van der Waals surface area contributed by atoms with Crippen molar-refractivity contribution >= 4 is 17.2 Å². The average molecular weight is 305 g/mol. The highest BCUT2D eigenvalue weighted by Crippen LogP contribution is 2.28.